The first kappa shape index (κ1) is 12.2. The Morgan fingerprint density at radius 1 is 1.00 bits per heavy atom. The molecule has 0 radical (unpaired) electrons. The van der Waals surface area contributed by atoms with Gasteiger partial charge in [-0.2, -0.15) is 0 Å². The van der Waals surface area contributed by atoms with Crippen LogP contribution in [0.4, 0.5) is 5.69 Å². The lowest BCUT2D eigenvalue weighted by Gasteiger charge is -2.10. The van der Waals surface area contributed by atoms with Crippen LogP contribution in [-0.2, 0) is 6.54 Å². The molecule has 2 heteroatoms. The van der Waals surface area contributed by atoms with E-state index >= 15 is 0 Å². The van der Waals surface area contributed by atoms with Crippen molar-refractivity contribution in [3.63, 3.8) is 0 Å². The molecule has 0 bridgehead atoms. The molecule has 2 aromatic rings. The maximum absolute atomic E-state index is 3.56. The first-order chi connectivity index (χ1) is 8.16. The van der Waals surface area contributed by atoms with Crippen molar-refractivity contribution in [2.75, 3.05) is 5.32 Å². The predicted octanol–water partition coefficient (Wildman–Crippen LogP) is 4.68. The summed E-state index contributed by atoms with van der Waals surface area (Å²) in [7, 11) is 0. The molecule has 0 aromatic heterocycles. The zero-order valence-corrected chi connectivity index (χ0v) is 11.7. The number of hydrogen-bond donors (Lipinski definition) is 1. The maximum Gasteiger partial charge on any atom is 0.0401 e. The van der Waals surface area contributed by atoms with E-state index in [0.717, 1.165) is 6.54 Å². The van der Waals surface area contributed by atoms with Crippen LogP contribution in [0, 0.1) is 13.8 Å². The van der Waals surface area contributed by atoms with Gasteiger partial charge in [-0.1, -0.05) is 46.3 Å². The minimum Gasteiger partial charge on any atom is -0.381 e. The average molecular weight is 290 g/mol. The van der Waals surface area contributed by atoms with Crippen LogP contribution in [-0.4, -0.2) is 0 Å². The standard InChI is InChI=1S/C15H16BrN/c1-11-7-8-13(9-14(11)16)10-17-15-6-4-3-5-12(15)2/h3-9,17H,10H2,1-2H3. The van der Waals surface area contributed by atoms with Crippen LogP contribution in [0.3, 0.4) is 0 Å². The van der Waals surface area contributed by atoms with E-state index in [2.05, 4.69) is 77.6 Å². The van der Waals surface area contributed by atoms with Crippen molar-refractivity contribution in [1.82, 2.24) is 0 Å². The molecule has 0 saturated heterocycles. The van der Waals surface area contributed by atoms with Crippen LogP contribution in [0.5, 0.6) is 0 Å². The minimum atomic E-state index is 0.851. The van der Waals surface area contributed by atoms with Crippen molar-refractivity contribution in [3.05, 3.63) is 63.6 Å². The van der Waals surface area contributed by atoms with E-state index in [-0.39, 0.29) is 0 Å². The molecule has 0 aliphatic rings. The van der Waals surface area contributed by atoms with Gasteiger partial charge in [-0.05, 0) is 42.7 Å². The molecule has 0 amide bonds. The van der Waals surface area contributed by atoms with Crippen LogP contribution < -0.4 is 5.32 Å². The molecular weight excluding hydrogens is 274 g/mol. The Morgan fingerprint density at radius 3 is 2.47 bits per heavy atom. The van der Waals surface area contributed by atoms with Gasteiger partial charge in [-0.25, -0.2) is 0 Å². The highest BCUT2D eigenvalue weighted by molar-refractivity contribution is 9.10. The SMILES string of the molecule is Cc1ccc(CNc2ccccc2C)cc1Br. The number of anilines is 1. The van der Waals surface area contributed by atoms with E-state index in [4.69, 9.17) is 0 Å². The molecule has 0 atom stereocenters. The Morgan fingerprint density at radius 2 is 1.76 bits per heavy atom. The lowest BCUT2D eigenvalue weighted by Crippen LogP contribution is -2.00. The van der Waals surface area contributed by atoms with Crippen molar-refractivity contribution in [1.29, 1.82) is 0 Å². The molecule has 2 rings (SSSR count). The summed E-state index contributed by atoms with van der Waals surface area (Å²) in [6.45, 7) is 5.07. The molecule has 1 N–H and O–H groups in total. The van der Waals surface area contributed by atoms with Crippen LogP contribution in [0.15, 0.2) is 46.9 Å². The van der Waals surface area contributed by atoms with Crippen molar-refractivity contribution in [2.45, 2.75) is 20.4 Å². The van der Waals surface area contributed by atoms with Gasteiger partial charge in [0.15, 0.2) is 0 Å². The largest absolute Gasteiger partial charge is 0.381 e. The van der Waals surface area contributed by atoms with Gasteiger partial charge < -0.3 is 5.32 Å². The first-order valence-corrected chi connectivity index (χ1v) is 6.50. The fourth-order valence-corrected chi connectivity index (χ4v) is 2.14. The summed E-state index contributed by atoms with van der Waals surface area (Å²) in [4.78, 5) is 0. The monoisotopic (exact) mass is 289 g/mol. The molecule has 0 unspecified atom stereocenters. The number of benzene rings is 2. The topological polar surface area (TPSA) is 12.0 Å². The molecule has 2 aromatic carbocycles. The van der Waals surface area contributed by atoms with Crippen molar-refractivity contribution >= 4 is 21.6 Å². The Labute approximate surface area is 111 Å². The highest BCUT2D eigenvalue weighted by Crippen LogP contribution is 2.19. The quantitative estimate of drug-likeness (QED) is 0.865. The lowest BCUT2D eigenvalue weighted by atomic mass is 10.1. The second-order valence-corrected chi connectivity index (χ2v) is 5.11. The highest BCUT2D eigenvalue weighted by Gasteiger charge is 1.99. The van der Waals surface area contributed by atoms with Crippen LogP contribution in [0.25, 0.3) is 0 Å². The van der Waals surface area contributed by atoms with Gasteiger partial charge in [-0.3, -0.25) is 0 Å². The van der Waals surface area contributed by atoms with Crippen molar-refractivity contribution < 1.29 is 0 Å². The average Bonchev–Trinajstić information content (AvgIpc) is 2.32. The molecule has 0 heterocycles. The Hall–Kier alpha value is -1.28. The van der Waals surface area contributed by atoms with E-state index in [0.29, 0.717) is 0 Å². The summed E-state index contributed by atoms with van der Waals surface area (Å²) in [5.41, 5.74) is 5.03. The van der Waals surface area contributed by atoms with E-state index in [9.17, 15) is 0 Å². The van der Waals surface area contributed by atoms with Gasteiger partial charge in [0.2, 0.25) is 0 Å². The number of nitrogens with one attached hydrogen (secondary N) is 1. The molecule has 88 valence electrons. The lowest BCUT2D eigenvalue weighted by molar-refractivity contribution is 1.13. The third-order valence-electron chi connectivity index (χ3n) is 2.86. The van der Waals surface area contributed by atoms with E-state index in [1.54, 1.807) is 0 Å². The first-order valence-electron chi connectivity index (χ1n) is 5.71. The van der Waals surface area contributed by atoms with Crippen molar-refractivity contribution in [2.24, 2.45) is 0 Å². The molecular formula is C15H16BrN. The van der Waals surface area contributed by atoms with Gasteiger partial charge in [0.1, 0.15) is 0 Å². The number of aryl methyl sites for hydroxylation is 2. The van der Waals surface area contributed by atoms with Gasteiger partial charge in [0, 0.05) is 16.7 Å². The molecule has 0 spiro atoms. The zero-order chi connectivity index (χ0) is 12.3. The summed E-state index contributed by atoms with van der Waals surface area (Å²) >= 11 is 3.56. The number of hydrogen-bond acceptors (Lipinski definition) is 1. The normalized spacial score (nSPS) is 10.3. The number of rotatable bonds is 3. The van der Waals surface area contributed by atoms with E-state index < -0.39 is 0 Å². The highest BCUT2D eigenvalue weighted by atomic mass is 79.9. The van der Waals surface area contributed by atoms with Gasteiger partial charge in [-0.15, -0.1) is 0 Å². The fourth-order valence-electron chi connectivity index (χ4n) is 1.71. The molecule has 0 saturated carbocycles. The molecule has 17 heavy (non-hydrogen) atoms. The Kier molecular flexibility index (Phi) is 3.85. The summed E-state index contributed by atoms with van der Waals surface area (Å²) in [5, 5.41) is 3.46. The second kappa shape index (κ2) is 5.37. The number of halogens is 1. The van der Waals surface area contributed by atoms with Gasteiger partial charge in [0.25, 0.3) is 0 Å². The Balaban J connectivity index is 2.08. The summed E-state index contributed by atoms with van der Waals surface area (Å²) in [5.74, 6) is 0. The third-order valence-corrected chi connectivity index (χ3v) is 3.72. The van der Waals surface area contributed by atoms with E-state index in [1.165, 1.54) is 26.9 Å². The summed E-state index contributed by atoms with van der Waals surface area (Å²) < 4.78 is 1.17. The summed E-state index contributed by atoms with van der Waals surface area (Å²) in [6.07, 6.45) is 0. The second-order valence-electron chi connectivity index (χ2n) is 4.25. The third kappa shape index (κ3) is 3.10. The van der Waals surface area contributed by atoms with Crippen molar-refractivity contribution in [3.8, 4) is 0 Å². The fraction of sp³-hybridized carbons (Fsp3) is 0.200. The zero-order valence-electron chi connectivity index (χ0n) is 10.1. The molecule has 0 aliphatic carbocycles. The minimum absolute atomic E-state index is 0.851. The molecule has 0 fully saturated rings. The van der Waals surface area contributed by atoms with Gasteiger partial charge in [0.05, 0.1) is 0 Å². The van der Waals surface area contributed by atoms with Crippen LogP contribution >= 0.6 is 15.9 Å². The van der Waals surface area contributed by atoms with Crippen LogP contribution in [0.2, 0.25) is 0 Å². The summed E-state index contributed by atoms with van der Waals surface area (Å²) in [6, 6.07) is 14.8. The number of para-hydroxylation sites is 1. The Bertz CT molecular complexity index is 520. The molecule has 0 aliphatic heterocycles. The van der Waals surface area contributed by atoms with Crippen LogP contribution in [0.1, 0.15) is 16.7 Å². The van der Waals surface area contributed by atoms with Gasteiger partial charge >= 0.3 is 0 Å². The van der Waals surface area contributed by atoms with E-state index in [1.807, 2.05) is 0 Å². The maximum atomic E-state index is 3.56. The predicted molar refractivity (Wildman–Crippen MR) is 77.4 cm³/mol. The smallest absolute Gasteiger partial charge is 0.0401 e. The molecule has 1 nitrogen and oxygen atoms in total.